The Morgan fingerprint density at radius 2 is 0.678 bits per heavy atom. The number of hydrogen-bond donors (Lipinski definition) is 1. The maximum atomic E-state index is 11.2. The van der Waals surface area contributed by atoms with Crippen LogP contribution in [0.1, 0.15) is 290 Å². The highest BCUT2D eigenvalue weighted by Crippen LogP contribution is 2.17. The molecule has 0 amide bonds. The summed E-state index contributed by atoms with van der Waals surface area (Å²) in [6, 6.07) is 0. The van der Waals surface area contributed by atoms with E-state index in [0.29, 0.717) is 19.8 Å². The van der Waals surface area contributed by atoms with Crippen LogP contribution < -0.4 is 0 Å². The monoisotopic (exact) mass is 847 g/mol. The van der Waals surface area contributed by atoms with Crippen molar-refractivity contribution in [1.29, 1.82) is 0 Å². The first kappa shape index (κ1) is 58.5. The summed E-state index contributed by atoms with van der Waals surface area (Å²) in [5, 5.41) is 11.2. The van der Waals surface area contributed by atoms with E-state index in [0.717, 1.165) is 30.5 Å². The zero-order chi connectivity index (χ0) is 42.8. The number of thiocarbonyl (C=S) groups is 1. The summed E-state index contributed by atoms with van der Waals surface area (Å²) in [5.74, 6) is 0. The van der Waals surface area contributed by atoms with Crippen molar-refractivity contribution in [3.05, 3.63) is 24.3 Å². The van der Waals surface area contributed by atoms with E-state index in [-0.39, 0.29) is 6.10 Å². The van der Waals surface area contributed by atoms with Crippen LogP contribution in [0.4, 0.5) is 0 Å². The van der Waals surface area contributed by atoms with Gasteiger partial charge in [-0.3, -0.25) is 0 Å². The van der Waals surface area contributed by atoms with Gasteiger partial charge in [0.05, 0.1) is 6.61 Å². The molecule has 0 aromatic rings. The van der Waals surface area contributed by atoms with Crippen molar-refractivity contribution in [3.63, 3.8) is 0 Å². The second-order valence-electron chi connectivity index (χ2n) is 18.3. The Hall–Kier alpha value is -0.550. The first-order valence-corrected chi connectivity index (χ1v) is 27.3. The van der Waals surface area contributed by atoms with Gasteiger partial charge < -0.3 is 14.6 Å². The Morgan fingerprint density at radius 1 is 0.390 bits per heavy atom. The summed E-state index contributed by atoms with van der Waals surface area (Å²) in [5.41, 5.74) is 0. The summed E-state index contributed by atoms with van der Waals surface area (Å²) in [6.45, 7) is 8.58. The van der Waals surface area contributed by atoms with Crippen molar-refractivity contribution >= 4 is 17.1 Å². The molecular formula is C55H106O3S. The average molecular weight is 848 g/mol. The van der Waals surface area contributed by atoms with Gasteiger partial charge in [-0.05, 0) is 77.0 Å². The third kappa shape index (κ3) is 46.8. The van der Waals surface area contributed by atoms with Crippen molar-refractivity contribution < 1.29 is 14.6 Å². The average Bonchev–Trinajstić information content (AvgIpc) is 3.24. The van der Waals surface area contributed by atoms with Crippen molar-refractivity contribution in [3.8, 4) is 0 Å². The molecule has 0 rings (SSSR count). The molecular weight excluding hydrogens is 741 g/mol. The van der Waals surface area contributed by atoms with Crippen LogP contribution in [-0.4, -0.2) is 42.0 Å². The zero-order valence-electron chi connectivity index (χ0n) is 40.5. The second-order valence-corrected chi connectivity index (χ2v) is 18.8. The highest BCUT2D eigenvalue weighted by Gasteiger charge is 2.24. The largest absolute Gasteiger partial charge is 0.388 e. The van der Waals surface area contributed by atoms with Gasteiger partial charge in [0.1, 0.15) is 12.2 Å². The molecule has 2 atom stereocenters. The maximum absolute atomic E-state index is 11.2. The Kier molecular flexibility index (Phi) is 51.3. The van der Waals surface area contributed by atoms with Gasteiger partial charge >= 0.3 is 0 Å². The maximum Gasteiger partial charge on any atom is 0.117 e. The molecule has 0 aromatic carbocycles. The van der Waals surface area contributed by atoms with Crippen molar-refractivity contribution in [2.75, 3.05) is 19.8 Å². The third-order valence-corrected chi connectivity index (χ3v) is 12.7. The predicted octanol–water partition coefficient (Wildman–Crippen LogP) is 18.7. The van der Waals surface area contributed by atoms with Crippen LogP contribution in [0.15, 0.2) is 24.3 Å². The molecule has 4 heteroatoms. The Labute approximate surface area is 376 Å². The van der Waals surface area contributed by atoms with Crippen molar-refractivity contribution in [1.82, 2.24) is 0 Å². The highest BCUT2D eigenvalue weighted by molar-refractivity contribution is 7.80. The Balaban J connectivity index is 4.24. The van der Waals surface area contributed by atoms with E-state index in [1.165, 1.54) is 244 Å². The SMILES string of the molecule is CCCCCCCC/C=C\CCCCCCCCOCC(O)C(OCCCCCCCC/C=C\CCCCCCCC)C(=S)CCCCCCCCCCCCCCC. The van der Waals surface area contributed by atoms with Crippen LogP contribution in [-0.2, 0) is 9.47 Å². The predicted molar refractivity (Wildman–Crippen MR) is 268 cm³/mol. The number of ether oxygens (including phenoxy) is 2. The lowest BCUT2D eigenvalue weighted by atomic mass is 10.0. The Morgan fingerprint density at radius 3 is 1.03 bits per heavy atom. The Bertz CT molecular complexity index is 855. The number of aliphatic hydroxyl groups excluding tert-OH is 1. The van der Waals surface area contributed by atoms with Gasteiger partial charge in [-0.15, -0.1) is 0 Å². The molecule has 0 saturated heterocycles. The van der Waals surface area contributed by atoms with E-state index in [2.05, 4.69) is 45.1 Å². The van der Waals surface area contributed by atoms with Crippen molar-refractivity contribution in [2.24, 2.45) is 0 Å². The first-order chi connectivity index (χ1) is 29.2. The molecule has 0 bridgehead atoms. The van der Waals surface area contributed by atoms with Crippen LogP contribution in [0.3, 0.4) is 0 Å². The van der Waals surface area contributed by atoms with Gasteiger partial charge in [0.15, 0.2) is 0 Å². The fourth-order valence-electron chi connectivity index (χ4n) is 8.18. The molecule has 0 aliphatic carbocycles. The fourth-order valence-corrected chi connectivity index (χ4v) is 8.55. The summed E-state index contributed by atoms with van der Waals surface area (Å²) in [4.78, 5) is 0.894. The smallest absolute Gasteiger partial charge is 0.117 e. The lowest BCUT2D eigenvalue weighted by Gasteiger charge is -2.24. The number of hydrogen-bond acceptors (Lipinski definition) is 4. The molecule has 0 aliphatic rings. The quantitative estimate of drug-likeness (QED) is 0.0376. The summed E-state index contributed by atoms with van der Waals surface area (Å²) in [7, 11) is 0. The molecule has 0 heterocycles. The van der Waals surface area contributed by atoms with Crippen LogP contribution in [0, 0.1) is 0 Å². The van der Waals surface area contributed by atoms with E-state index >= 15 is 0 Å². The van der Waals surface area contributed by atoms with Gasteiger partial charge in [0, 0.05) is 18.1 Å². The number of rotatable bonds is 51. The lowest BCUT2D eigenvalue weighted by Crippen LogP contribution is -2.39. The van der Waals surface area contributed by atoms with Crippen LogP contribution in [0.5, 0.6) is 0 Å². The van der Waals surface area contributed by atoms with Gasteiger partial charge in [0.2, 0.25) is 0 Å². The molecule has 0 spiro atoms. The van der Waals surface area contributed by atoms with Crippen LogP contribution >= 0.6 is 12.2 Å². The van der Waals surface area contributed by atoms with Gasteiger partial charge in [0.25, 0.3) is 0 Å². The van der Waals surface area contributed by atoms with Crippen LogP contribution in [0.25, 0.3) is 0 Å². The molecule has 3 nitrogen and oxygen atoms in total. The van der Waals surface area contributed by atoms with Crippen molar-refractivity contribution in [2.45, 2.75) is 303 Å². The highest BCUT2D eigenvalue weighted by atomic mass is 32.1. The molecule has 0 radical (unpaired) electrons. The molecule has 0 aromatic heterocycles. The summed E-state index contributed by atoms with van der Waals surface area (Å²) < 4.78 is 12.4. The normalized spacial score (nSPS) is 13.0. The van der Waals surface area contributed by atoms with E-state index in [1.54, 1.807) is 0 Å². The number of unbranched alkanes of at least 4 members (excludes halogenated alkanes) is 36. The number of allylic oxidation sites excluding steroid dienone is 4. The summed E-state index contributed by atoms with van der Waals surface area (Å²) >= 11 is 5.93. The summed E-state index contributed by atoms with van der Waals surface area (Å²) in [6.07, 6.45) is 63.5. The van der Waals surface area contributed by atoms with Gasteiger partial charge in [-0.2, -0.15) is 0 Å². The van der Waals surface area contributed by atoms with Gasteiger partial charge in [-0.25, -0.2) is 0 Å². The standard InChI is InChI=1S/C55H106O3S/c1-4-7-10-13-16-19-22-25-27-29-32-35-38-41-44-47-50-57-52-53(56)55(54(59)49-46-43-40-37-34-31-24-21-18-15-12-9-6-3)58-51-48-45-42-39-36-33-30-28-26-23-20-17-14-11-8-5-2/h25-28,53,55-56H,4-24,29-52H2,1-3H3/b27-25-,28-26-. The second kappa shape index (κ2) is 51.8. The minimum absolute atomic E-state index is 0.321. The molecule has 0 aliphatic heterocycles. The number of aliphatic hydroxyl groups is 1. The fraction of sp³-hybridized carbons (Fsp3) is 0.909. The van der Waals surface area contributed by atoms with E-state index in [1.807, 2.05) is 0 Å². The lowest BCUT2D eigenvalue weighted by molar-refractivity contribution is -0.0442. The van der Waals surface area contributed by atoms with Gasteiger partial charge in [-0.1, -0.05) is 250 Å². The van der Waals surface area contributed by atoms with Crippen LogP contribution in [0.2, 0.25) is 0 Å². The molecule has 1 N–H and O–H groups in total. The minimum atomic E-state index is -0.673. The third-order valence-electron chi connectivity index (χ3n) is 12.2. The molecule has 350 valence electrons. The first-order valence-electron chi connectivity index (χ1n) is 26.9. The minimum Gasteiger partial charge on any atom is -0.388 e. The van der Waals surface area contributed by atoms with E-state index < -0.39 is 6.10 Å². The van der Waals surface area contributed by atoms with E-state index in [4.69, 9.17) is 21.7 Å². The zero-order valence-corrected chi connectivity index (χ0v) is 41.3. The molecule has 59 heavy (non-hydrogen) atoms. The topological polar surface area (TPSA) is 38.7 Å². The molecule has 0 fully saturated rings. The van der Waals surface area contributed by atoms with E-state index in [9.17, 15) is 5.11 Å². The molecule has 2 unspecified atom stereocenters. The molecule has 0 saturated carbocycles.